The molecule has 1 aliphatic rings. The zero-order chi connectivity index (χ0) is 19.3. The number of anilines is 1. The van der Waals surface area contributed by atoms with Gasteiger partial charge in [-0.2, -0.15) is 0 Å². The summed E-state index contributed by atoms with van der Waals surface area (Å²) in [6.45, 7) is 5.58. The molecule has 1 aliphatic heterocycles. The Labute approximate surface area is 154 Å². The lowest BCUT2D eigenvalue weighted by Crippen LogP contribution is -3.14. The van der Waals surface area contributed by atoms with Crippen LogP contribution in [0.4, 0.5) is 5.69 Å². The molecule has 1 fully saturated rings. The molecule has 0 spiro atoms. The number of amides is 3. The predicted molar refractivity (Wildman–Crippen MR) is 99.7 cm³/mol. The van der Waals surface area contributed by atoms with Gasteiger partial charge in [0, 0.05) is 12.7 Å². The Morgan fingerprint density at radius 1 is 1.27 bits per heavy atom. The Balaban J connectivity index is 1.86. The second-order valence-electron chi connectivity index (χ2n) is 7.19. The van der Waals surface area contributed by atoms with Gasteiger partial charge in [-0.15, -0.1) is 0 Å². The molecule has 3 amide bonds. The molecule has 142 valence electrons. The standard InChI is InChI=1S/C19H28N4O3/c1-13-6-4-7-14(2)18(13)21-16(24)11-22(3)17(25)12-23-9-5-8-15(10-23)19(20)26/h4,6-7,15H,5,8-12H2,1-3H3,(H2,20,26)(H,21,24)/p+1/t15-/m1/s1. The number of primary amides is 1. The summed E-state index contributed by atoms with van der Waals surface area (Å²) in [5, 5.41) is 2.89. The first-order valence-corrected chi connectivity index (χ1v) is 9.01. The van der Waals surface area contributed by atoms with Gasteiger partial charge in [-0.3, -0.25) is 14.4 Å². The number of carbonyl (C=O) groups excluding carboxylic acids is 3. The van der Waals surface area contributed by atoms with Crippen LogP contribution in [0.15, 0.2) is 18.2 Å². The van der Waals surface area contributed by atoms with Crippen molar-refractivity contribution in [1.82, 2.24) is 4.90 Å². The minimum Gasteiger partial charge on any atom is -0.369 e. The fraction of sp³-hybridized carbons (Fsp3) is 0.526. The number of nitrogens with two attached hydrogens (primary N) is 1. The number of quaternary nitrogens is 1. The summed E-state index contributed by atoms with van der Waals surface area (Å²) in [5.41, 5.74) is 8.16. The van der Waals surface area contributed by atoms with Crippen molar-refractivity contribution in [3.63, 3.8) is 0 Å². The summed E-state index contributed by atoms with van der Waals surface area (Å²) in [4.78, 5) is 38.5. The van der Waals surface area contributed by atoms with E-state index in [0.29, 0.717) is 6.54 Å². The molecule has 0 radical (unpaired) electrons. The fourth-order valence-electron chi connectivity index (χ4n) is 3.40. The van der Waals surface area contributed by atoms with E-state index < -0.39 is 0 Å². The molecule has 1 unspecified atom stereocenters. The lowest BCUT2D eigenvalue weighted by molar-refractivity contribution is -0.899. The van der Waals surface area contributed by atoms with Crippen LogP contribution in [0, 0.1) is 19.8 Å². The zero-order valence-electron chi connectivity index (χ0n) is 15.8. The highest BCUT2D eigenvalue weighted by Crippen LogP contribution is 2.19. The van der Waals surface area contributed by atoms with Gasteiger partial charge in [0.15, 0.2) is 6.54 Å². The molecular formula is C19H29N4O3+. The molecule has 7 nitrogen and oxygen atoms in total. The molecule has 2 atom stereocenters. The van der Waals surface area contributed by atoms with E-state index in [-0.39, 0.29) is 36.7 Å². The van der Waals surface area contributed by atoms with Gasteiger partial charge in [0.05, 0.1) is 25.6 Å². The summed E-state index contributed by atoms with van der Waals surface area (Å²) in [7, 11) is 1.63. The molecule has 0 saturated carbocycles. The van der Waals surface area contributed by atoms with Crippen molar-refractivity contribution < 1.29 is 19.3 Å². The number of para-hydroxylation sites is 1. The zero-order valence-corrected chi connectivity index (χ0v) is 15.8. The summed E-state index contributed by atoms with van der Waals surface area (Å²) >= 11 is 0. The van der Waals surface area contributed by atoms with Gasteiger partial charge in [-0.1, -0.05) is 18.2 Å². The number of aryl methyl sites for hydroxylation is 2. The van der Waals surface area contributed by atoms with Crippen molar-refractivity contribution in [1.29, 1.82) is 0 Å². The Morgan fingerprint density at radius 3 is 2.54 bits per heavy atom. The van der Waals surface area contributed by atoms with Gasteiger partial charge < -0.3 is 20.9 Å². The molecule has 0 aliphatic carbocycles. The maximum Gasteiger partial charge on any atom is 0.277 e. The van der Waals surface area contributed by atoms with Crippen LogP contribution in [0.3, 0.4) is 0 Å². The number of likely N-dealkylation sites (N-methyl/N-ethyl adjacent to an activating group) is 1. The van der Waals surface area contributed by atoms with E-state index in [1.54, 1.807) is 7.05 Å². The quantitative estimate of drug-likeness (QED) is 0.636. The molecule has 26 heavy (non-hydrogen) atoms. The third-order valence-electron chi connectivity index (χ3n) is 4.97. The van der Waals surface area contributed by atoms with Crippen molar-refractivity contribution in [2.75, 3.05) is 38.5 Å². The van der Waals surface area contributed by atoms with Gasteiger partial charge in [0.2, 0.25) is 11.8 Å². The highest BCUT2D eigenvalue weighted by Gasteiger charge is 2.29. The molecule has 7 heteroatoms. The minimum absolute atomic E-state index is 0.000858. The number of nitrogens with zero attached hydrogens (tertiary/aromatic N) is 1. The van der Waals surface area contributed by atoms with E-state index in [9.17, 15) is 14.4 Å². The van der Waals surface area contributed by atoms with Crippen molar-refractivity contribution in [3.8, 4) is 0 Å². The number of likely N-dealkylation sites (tertiary alicyclic amines) is 1. The smallest absolute Gasteiger partial charge is 0.277 e. The molecular weight excluding hydrogens is 332 g/mol. The van der Waals surface area contributed by atoms with E-state index in [1.807, 2.05) is 32.0 Å². The van der Waals surface area contributed by atoms with Crippen molar-refractivity contribution in [3.05, 3.63) is 29.3 Å². The number of hydrogen-bond donors (Lipinski definition) is 3. The number of nitrogens with one attached hydrogen (secondary N) is 2. The summed E-state index contributed by atoms with van der Waals surface area (Å²) in [5.74, 6) is -0.788. The number of piperidine rings is 1. The molecule has 0 aromatic heterocycles. The van der Waals surface area contributed by atoms with E-state index >= 15 is 0 Å². The third kappa shape index (κ3) is 5.29. The highest BCUT2D eigenvalue weighted by molar-refractivity contribution is 5.95. The second kappa shape index (κ2) is 8.80. The molecule has 0 bridgehead atoms. The highest BCUT2D eigenvalue weighted by atomic mass is 16.2. The molecule has 1 aromatic carbocycles. The topological polar surface area (TPSA) is 96.9 Å². The molecule has 2 rings (SSSR count). The van der Waals surface area contributed by atoms with Crippen molar-refractivity contribution in [2.45, 2.75) is 26.7 Å². The third-order valence-corrected chi connectivity index (χ3v) is 4.97. The Bertz CT molecular complexity index is 669. The Morgan fingerprint density at radius 2 is 1.92 bits per heavy atom. The van der Waals surface area contributed by atoms with Crippen LogP contribution in [-0.2, 0) is 14.4 Å². The van der Waals surface area contributed by atoms with Crippen LogP contribution in [0.2, 0.25) is 0 Å². The van der Waals surface area contributed by atoms with Crippen LogP contribution in [-0.4, -0.2) is 55.8 Å². The average Bonchev–Trinajstić information content (AvgIpc) is 2.58. The SMILES string of the molecule is Cc1cccc(C)c1NC(=O)CN(C)C(=O)C[NH+]1CCC[C@@H](C(N)=O)C1. The number of rotatable bonds is 6. The largest absolute Gasteiger partial charge is 0.369 e. The van der Waals surface area contributed by atoms with E-state index in [2.05, 4.69) is 5.32 Å². The van der Waals surface area contributed by atoms with Crippen molar-refractivity contribution in [2.24, 2.45) is 11.7 Å². The first kappa shape index (κ1) is 19.9. The van der Waals surface area contributed by atoms with Crippen LogP contribution in [0.5, 0.6) is 0 Å². The van der Waals surface area contributed by atoms with E-state index in [1.165, 1.54) is 4.90 Å². The first-order chi connectivity index (χ1) is 12.3. The van der Waals surface area contributed by atoms with Crippen LogP contribution >= 0.6 is 0 Å². The van der Waals surface area contributed by atoms with Crippen LogP contribution in [0.25, 0.3) is 0 Å². The van der Waals surface area contributed by atoms with E-state index in [4.69, 9.17) is 5.73 Å². The van der Waals surface area contributed by atoms with Gasteiger partial charge in [-0.25, -0.2) is 0 Å². The summed E-state index contributed by atoms with van der Waals surface area (Å²) < 4.78 is 0. The first-order valence-electron chi connectivity index (χ1n) is 9.01. The Hall–Kier alpha value is -2.41. The van der Waals surface area contributed by atoms with Gasteiger partial charge in [0.1, 0.15) is 0 Å². The molecule has 4 N–H and O–H groups in total. The maximum absolute atomic E-state index is 12.4. The number of benzene rings is 1. The summed E-state index contributed by atoms with van der Waals surface area (Å²) in [6, 6.07) is 5.81. The lowest BCUT2D eigenvalue weighted by atomic mass is 9.97. The molecule has 1 heterocycles. The number of hydrogen-bond acceptors (Lipinski definition) is 3. The minimum atomic E-state index is -0.295. The average molecular weight is 361 g/mol. The molecule has 1 aromatic rings. The lowest BCUT2D eigenvalue weighted by Gasteiger charge is -2.29. The van der Waals surface area contributed by atoms with Crippen LogP contribution in [0.1, 0.15) is 24.0 Å². The van der Waals surface area contributed by atoms with Crippen molar-refractivity contribution >= 4 is 23.4 Å². The Kier molecular flexibility index (Phi) is 6.74. The molecule has 1 saturated heterocycles. The second-order valence-corrected chi connectivity index (χ2v) is 7.19. The normalized spacial score (nSPS) is 19.7. The van der Waals surface area contributed by atoms with Gasteiger partial charge >= 0.3 is 0 Å². The number of carbonyl (C=O) groups is 3. The van der Waals surface area contributed by atoms with Gasteiger partial charge in [0.25, 0.3) is 5.91 Å². The van der Waals surface area contributed by atoms with E-state index in [0.717, 1.165) is 41.1 Å². The van der Waals surface area contributed by atoms with Gasteiger partial charge in [-0.05, 0) is 37.8 Å². The summed E-state index contributed by atoms with van der Waals surface area (Å²) in [6.07, 6.45) is 1.67. The maximum atomic E-state index is 12.4. The predicted octanol–water partition coefficient (Wildman–Crippen LogP) is -0.519. The van der Waals surface area contributed by atoms with Crippen LogP contribution < -0.4 is 16.0 Å². The monoisotopic (exact) mass is 361 g/mol. The fourth-order valence-corrected chi connectivity index (χ4v) is 3.40.